The first-order valence-electron chi connectivity index (χ1n) is 4.17. The van der Waals surface area contributed by atoms with Gasteiger partial charge in [0.2, 0.25) is 0 Å². The van der Waals surface area contributed by atoms with Crippen LogP contribution in [0.25, 0.3) is 0 Å². The van der Waals surface area contributed by atoms with Gasteiger partial charge >= 0.3 is 0 Å². The second-order valence-corrected chi connectivity index (χ2v) is 3.15. The molecule has 0 aliphatic carbocycles. The molecule has 1 aromatic rings. The van der Waals surface area contributed by atoms with Crippen molar-refractivity contribution < 1.29 is 0 Å². The summed E-state index contributed by atoms with van der Waals surface area (Å²) in [6.07, 6.45) is 1.63. The lowest BCUT2D eigenvalue weighted by Gasteiger charge is -2.38. The molecule has 0 radical (unpaired) electrons. The maximum absolute atomic E-state index is 8.78. The second kappa shape index (κ2) is 3.04. The lowest BCUT2D eigenvalue weighted by Crippen LogP contribution is -2.56. The first-order valence-corrected chi connectivity index (χ1v) is 4.17. The molecular weight excluding hydrogens is 164 g/mol. The maximum atomic E-state index is 8.78. The van der Waals surface area contributed by atoms with Crippen molar-refractivity contribution >= 4 is 5.69 Å². The molecule has 2 N–H and O–H groups in total. The average molecular weight is 174 g/mol. The summed E-state index contributed by atoms with van der Waals surface area (Å²) in [6, 6.07) is 6.04. The number of rotatable bonds is 1. The first-order chi connectivity index (χ1) is 6.31. The van der Waals surface area contributed by atoms with Crippen LogP contribution in [0.4, 0.5) is 5.69 Å². The van der Waals surface area contributed by atoms with Crippen LogP contribution in [0, 0.1) is 11.3 Å². The van der Waals surface area contributed by atoms with Gasteiger partial charge in [0.1, 0.15) is 6.07 Å². The van der Waals surface area contributed by atoms with Gasteiger partial charge in [0.05, 0.1) is 5.69 Å². The van der Waals surface area contributed by atoms with E-state index in [0.29, 0.717) is 5.69 Å². The Morgan fingerprint density at radius 2 is 2.38 bits per heavy atom. The summed E-state index contributed by atoms with van der Waals surface area (Å²) in [6.45, 7) is 1.64. The first kappa shape index (κ1) is 8.02. The molecule has 0 aromatic carbocycles. The van der Waals surface area contributed by atoms with Gasteiger partial charge in [-0.2, -0.15) is 5.26 Å². The Hall–Kier alpha value is -1.60. The quantitative estimate of drug-likeness (QED) is 0.655. The van der Waals surface area contributed by atoms with Crippen LogP contribution in [0.2, 0.25) is 0 Å². The van der Waals surface area contributed by atoms with Gasteiger partial charge in [-0.15, -0.1) is 0 Å². The van der Waals surface area contributed by atoms with Gasteiger partial charge < -0.3 is 10.6 Å². The van der Waals surface area contributed by atoms with Crippen molar-refractivity contribution in [3.8, 4) is 6.07 Å². The van der Waals surface area contributed by atoms with E-state index in [1.807, 2.05) is 12.1 Å². The molecule has 1 saturated heterocycles. The molecule has 2 heterocycles. The van der Waals surface area contributed by atoms with E-state index in [1.165, 1.54) is 0 Å². The highest BCUT2D eigenvalue weighted by molar-refractivity contribution is 5.57. The van der Waals surface area contributed by atoms with E-state index in [1.54, 1.807) is 6.20 Å². The number of pyridine rings is 1. The monoisotopic (exact) mass is 174 g/mol. The maximum Gasteiger partial charge on any atom is 0.163 e. The highest BCUT2D eigenvalue weighted by atomic mass is 15.2. The smallest absolute Gasteiger partial charge is 0.163 e. The predicted octanol–water partition coefficient (Wildman–Crippen LogP) is 0.101. The predicted molar refractivity (Wildman–Crippen MR) is 49.1 cm³/mol. The summed E-state index contributed by atoms with van der Waals surface area (Å²) in [7, 11) is 0. The van der Waals surface area contributed by atoms with Crippen molar-refractivity contribution in [2.45, 2.75) is 6.04 Å². The topological polar surface area (TPSA) is 65.9 Å². The lowest BCUT2D eigenvalue weighted by molar-refractivity contribution is 0.518. The van der Waals surface area contributed by atoms with Gasteiger partial charge in [0.15, 0.2) is 5.69 Å². The van der Waals surface area contributed by atoms with Crippen LogP contribution in [-0.4, -0.2) is 24.1 Å². The van der Waals surface area contributed by atoms with Crippen LogP contribution in [-0.2, 0) is 0 Å². The summed E-state index contributed by atoms with van der Waals surface area (Å²) in [5.74, 6) is 0. The SMILES string of the molecule is N#Cc1ncccc1N1CC(N)C1. The van der Waals surface area contributed by atoms with Gasteiger partial charge in [-0.05, 0) is 12.1 Å². The Kier molecular flexibility index (Phi) is 1.87. The Bertz CT molecular complexity index is 349. The van der Waals surface area contributed by atoms with Crippen LogP contribution in [0.1, 0.15) is 5.69 Å². The normalized spacial score (nSPS) is 16.5. The van der Waals surface area contributed by atoms with E-state index in [4.69, 9.17) is 11.0 Å². The number of nitrogens with two attached hydrogens (primary N) is 1. The van der Waals surface area contributed by atoms with Crippen molar-refractivity contribution in [2.24, 2.45) is 5.73 Å². The molecule has 0 amide bonds. The van der Waals surface area contributed by atoms with Crippen molar-refractivity contribution in [2.75, 3.05) is 18.0 Å². The molecule has 1 aromatic heterocycles. The largest absolute Gasteiger partial charge is 0.366 e. The molecule has 1 aliphatic rings. The van der Waals surface area contributed by atoms with Crippen LogP contribution in [0.5, 0.6) is 0 Å². The van der Waals surface area contributed by atoms with E-state index >= 15 is 0 Å². The summed E-state index contributed by atoms with van der Waals surface area (Å²) in [4.78, 5) is 6.05. The second-order valence-electron chi connectivity index (χ2n) is 3.15. The third kappa shape index (κ3) is 1.34. The third-order valence-corrected chi connectivity index (χ3v) is 2.14. The van der Waals surface area contributed by atoms with E-state index in [2.05, 4.69) is 16.0 Å². The lowest BCUT2D eigenvalue weighted by atomic mass is 10.1. The number of hydrogen-bond donors (Lipinski definition) is 1. The fourth-order valence-electron chi connectivity index (χ4n) is 1.45. The van der Waals surface area contributed by atoms with Crippen LogP contribution in [0.3, 0.4) is 0 Å². The Morgan fingerprint density at radius 1 is 1.62 bits per heavy atom. The molecule has 66 valence electrons. The minimum atomic E-state index is 0.242. The molecule has 4 heteroatoms. The van der Waals surface area contributed by atoms with Crippen molar-refractivity contribution in [1.82, 2.24) is 4.98 Å². The summed E-state index contributed by atoms with van der Waals surface area (Å²) in [5, 5.41) is 8.78. The third-order valence-electron chi connectivity index (χ3n) is 2.14. The minimum Gasteiger partial charge on any atom is -0.366 e. The molecular formula is C9H10N4. The van der Waals surface area contributed by atoms with Crippen molar-refractivity contribution in [1.29, 1.82) is 5.26 Å². The van der Waals surface area contributed by atoms with E-state index in [9.17, 15) is 0 Å². The van der Waals surface area contributed by atoms with E-state index in [0.717, 1.165) is 18.8 Å². The zero-order chi connectivity index (χ0) is 9.26. The number of nitriles is 1. The van der Waals surface area contributed by atoms with Gasteiger partial charge in [0, 0.05) is 25.3 Å². The summed E-state index contributed by atoms with van der Waals surface area (Å²) in [5.41, 5.74) is 7.03. The zero-order valence-electron chi connectivity index (χ0n) is 7.14. The van der Waals surface area contributed by atoms with Crippen LogP contribution in [0.15, 0.2) is 18.3 Å². The van der Waals surface area contributed by atoms with E-state index < -0.39 is 0 Å². The molecule has 1 fully saturated rings. The minimum absolute atomic E-state index is 0.242. The molecule has 0 bridgehead atoms. The summed E-state index contributed by atoms with van der Waals surface area (Å²) < 4.78 is 0. The molecule has 0 unspecified atom stereocenters. The number of aromatic nitrogens is 1. The van der Waals surface area contributed by atoms with Gasteiger partial charge in [-0.25, -0.2) is 4.98 Å². The molecule has 0 saturated carbocycles. The van der Waals surface area contributed by atoms with Crippen molar-refractivity contribution in [3.05, 3.63) is 24.0 Å². The summed E-state index contributed by atoms with van der Waals surface area (Å²) >= 11 is 0. The Balaban J connectivity index is 2.26. The van der Waals surface area contributed by atoms with E-state index in [-0.39, 0.29) is 6.04 Å². The number of anilines is 1. The standard InChI is InChI=1S/C9H10N4/c10-4-8-9(2-1-3-12-8)13-5-7(11)6-13/h1-3,7H,5-6,11H2. The number of hydrogen-bond acceptors (Lipinski definition) is 4. The fraction of sp³-hybridized carbons (Fsp3) is 0.333. The zero-order valence-corrected chi connectivity index (χ0v) is 7.14. The molecule has 13 heavy (non-hydrogen) atoms. The average Bonchev–Trinajstić information content (AvgIpc) is 2.13. The molecule has 0 atom stereocenters. The van der Waals surface area contributed by atoms with Crippen LogP contribution >= 0.6 is 0 Å². The fourth-order valence-corrected chi connectivity index (χ4v) is 1.45. The van der Waals surface area contributed by atoms with Gasteiger partial charge in [-0.3, -0.25) is 0 Å². The molecule has 1 aliphatic heterocycles. The Morgan fingerprint density at radius 3 is 3.00 bits per heavy atom. The molecule has 4 nitrogen and oxygen atoms in total. The number of nitrogens with zero attached hydrogens (tertiary/aromatic N) is 3. The highest BCUT2D eigenvalue weighted by Crippen LogP contribution is 2.21. The molecule has 0 spiro atoms. The van der Waals surface area contributed by atoms with Gasteiger partial charge in [0.25, 0.3) is 0 Å². The van der Waals surface area contributed by atoms with Crippen LogP contribution < -0.4 is 10.6 Å². The van der Waals surface area contributed by atoms with Crippen molar-refractivity contribution in [3.63, 3.8) is 0 Å². The molecule has 2 rings (SSSR count). The highest BCUT2D eigenvalue weighted by Gasteiger charge is 2.25. The Labute approximate surface area is 76.6 Å². The van der Waals surface area contributed by atoms with Gasteiger partial charge in [-0.1, -0.05) is 0 Å².